The molecule has 0 heterocycles. The van der Waals surface area contributed by atoms with Crippen LogP contribution in [0.5, 0.6) is 0 Å². The van der Waals surface area contributed by atoms with Crippen LogP contribution in [0.4, 0.5) is 13.2 Å². The van der Waals surface area contributed by atoms with Gasteiger partial charge in [-0.25, -0.2) is 0 Å². The Labute approximate surface area is 122 Å². The van der Waals surface area contributed by atoms with E-state index in [2.05, 4.69) is 34.4 Å². The second kappa shape index (κ2) is 5.66. The molecule has 0 nitrogen and oxygen atoms in total. The number of alkyl halides is 3. The molecule has 0 aliphatic heterocycles. The summed E-state index contributed by atoms with van der Waals surface area (Å²) in [6.45, 7) is 0. The number of hydrogen-bond acceptors (Lipinski definition) is 0. The van der Waals surface area contributed by atoms with Crippen LogP contribution in [0.2, 0.25) is 0 Å². The van der Waals surface area contributed by atoms with E-state index in [1.807, 2.05) is 24.3 Å². The molecule has 19 heavy (non-hydrogen) atoms. The first-order valence-corrected chi connectivity index (χ1v) is 6.48. The van der Waals surface area contributed by atoms with E-state index in [-0.39, 0.29) is 0 Å². The van der Waals surface area contributed by atoms with E-state index < -0.39 is 11.7 Å². The molecular weight excluding hydrogens is 364 g/mol. The fourth-order valence-electron chi connectivity index (χ4n) is 1.44. The molecule has 0 unspecified atom stereocenters. The predicted octanol–water partition coefficient (Wildman–Crippen LogP) is 4.71. The van der Waals surface area contributed by atoms with Crippen molar-refractivity contribution in [1.82, 2.24) is 0 Å². The predicted molar refractivity (Wildman–Crippen MR) is 76.6 cm³/mol. The van der Waals surface area contributed by atoms with Crippen LogP contribution < -0.4 is 0 Å². The lowest BCUT2D eigenvalue weighted by molar-refractivity contribution is -0.137. The van der Waals surface area contributed by atoms with Crippen molar-refractivity contribution in [1.29, 1.82) is 0 Å². The normalized spacial score (nSPS) is 10.7. The number of halogens is 4. The molecule has 0 atom stereocenters. The molecule has 0 aliphatic carbocycles. The smallest absolute Gasteiger partial charge is 0.166 e. The van der Waals surface area contributed by atoms with Crippen LogP contribution in [0.15, 0.2) is 48.5 Å². The monoisotopic (exact) mass is 372 g/mol. The highest BCUT2D eigenvalue weighted by molar-refractivity contribution is 14.1. The van der Waals surface area contributed by atoms with Gasteiger partial charge in [0.25, 0.3) is 0 Å². The van der Waals surface area contributed by atoms with E-state index in [4.69, 9.17) is 0 Å². The highest BCUT2D eigenvalue weighted by Gasteiger charge is 2.29. The van der Waals surface area contributed by atoms with E-state index in [0.717, 1.165) is 21.3 Å². The summed E-state index contributed by atoms with van der Waals surface area (Å²) in [5.41, 5.74) is 0.767. The van der Waals surface area contributed by atoms with Crippen LogP contribution >= 0.6 is 22.6 Å². The lowest BCUT2D eigenvalue weighted by Gasteiger charge is -2.05. The van der Waals surface area contributed by atoms with Crippen molar-refractivity contribution in [3.05, 3.63) is 68.8 Å². The lowest BCUT2D eigenvalue weighted by Crippen LogP contribution is -2.04. The van der Waals surface area contributed by atoms with Crippen LogP contribution in [0.3, 0.4) is 0 Å². The van der Waals surface area contributed by atoms with Crippen molar-refractivity contribution in [3.63, 3.8) is 0 Å². The first-order chi connectivity index (χ1) is 8.97. The van der Waals surface area contributed by atoms with E-state index >= 15 is 0 Å². The summed E-state index contributed by atoms with van der Waals surface area (Å²) < 4.78 is 38.2. The Morgan fingerprint density at radius 3 is 2.05 bits per heavy atom. The average Bonchev–Trinajstić information content (AvgIpc) is 2.37. The third-order valence-corrected chi connectivity index (χ3v) is 3.37. The van der Waals surface area contributed by atoms with Crippen molar-refractivity contribution < 1.29 is 13.2 Å². The quantitative estimate of drug-likeness (QED) is 0.464. The summed E-state index contributed by atoms with van der Waals surface area (Å²) in [5.74, 6) is 5.81. The fourth-order valence-corrected chi connectivity index (χ4v) is 1.97. The molecule has 0 spiro atoms. The third kappa shape index (κ3) is 3.74. The van der Waals surface area contributed by atoms with Gasteiger partial charge in [0.2, 0.25) is 0 Å². The van der Waals surface area contributed by atoms with Crippen LogP contribution in [0, 0.1) is 15.4 Å². The van der Waals surface area contributed by atoms with Gasteiger partial charge in [-0.3, -0.25) is 0 Å². The Morgan fingerprint density at radius 2 is 1.47 bits per heavy atom. The Bertz CT molecular complexity index is 631. The maximum absolute atomic E-state index is 12.4. The van der Waals surface area contributed by atoms with E-state index in [9.17, 15) is 13.2 Å². The molecule has 0 amide bonds. The van der Waals surface area contributed by atoms with Gasteiger partial charge in [-0.15, -0.1) is 0 Å². The molecule has 0 fully saturated rings. The van der Waals surface area contributed by atoms with Gasteiger partial charge in [0.05, 0.1) is 5.56 Å². The molecule has 4 heteroatoms. The standard InChI is InChI=1S/C15H8F3I/c16-15(17,18)13-9-6-11(7-10-13)5-8-12-3-1-2-4-14(12)19/h1-4,6-7,9-10H. The largest absolute Gasteiger partial charge is 0.416 e. The van der Waals surface area contributed by atoms with Gasteiger partial charge in [-0.1, -0.05) is 24.0 Å². The summed E-state index contributed by atoms with van der Waals surface area (Å²) in [4.78, 5) is 0. The minimum Gasteiger partial charge on any atom is -0.166 e. The van der Waals surface area contributed by atoms with Crippen molar-refractivity contribution in [2.24, 2.45) is 0 Å². The van der Waals surface area contributed by atoms with Crippen LogP contribution in [0.25, 0.3) is 0 Å². The van der Waals surface area contributed by atoms with Gasteiger partial charge in [-0.05, 0) is 59.0 Å². The zero-order chi connectivity index (χ0) is 13.9. The molecule has 96 valence electrons. The molecule has 2 rings (SSSR count). The molecule has 0 radical (unpaired) electrons. The number of benzene rings is 2. The van der Waals surface area contributed by atoms with Crippen molar-refractivity contribution in [2.45, 2.75) is 6.18 Å². The summed E-state index contributed by atoms with van der Waals surface area (Å²) in [7, 11) is 0. The van der Waals surface area contributed by atoms with Crippen molar-refractivity contribution >= 4 is 22.6 Å². The topological polar surface area (TPSA) is 0 Å². The second-order valence-corrected chi connectivity index (χ2v) is 4.97. The summed E-state index contributed by atoms with van der Waals surface area (Å²) in [6, 6.07) is 12.4. The summed E-state index contributed by atoms with van der Waals surface area (Å²) >= 11 is 2.17. The molecule has 2 aromatic rings. The first-order valence-electron chi connectivity index (χ1n) is 5.40. The zero-order valence-electron chi connectivity index (χ0n) is 9.63. The first kappa shape index (κ1) is 13.9. The average molecular weight is 372 g/mol. The minimum absolute atomic E-state index is 0.563. The summed E-state index contributed by atoms with van der Waals surface area (Å²) in [6.07, 6.45) is -4.30. The Balaban J connectivity index is 2.24. The molecule has 0 N–H and O–H groups in total. The second-order valence-electron chi connectivity index (χ2n) is 3.80. The Hall–Kier alpha value is -1.48. The molecule has 0 bridgehead atoms. The van der Waals surface area contributed by atoms with E-state index in [1.165, 1.54) is 12.1 Å². The molecule has 0 aliphatic rings. The van der Waals surface area contributed by atoms with E-state index in [0.29, 0.717) is 5.56 Å². The fraction of sp³-hybridized carbons (Fsp3) is 0.0667. The van der Waals surface area contributed by atoms with Crippen molar-refractivity contribution in [2.75, 3.05) is 0 Å². The van der Waals surface area contributed by atoms with E-state index in [1.54, 1.807) is 0 Å². The SMILES string of the molecule is FC(F)(F)c1ccc(C#Cc2ccccc2I)cc1. The van der Waals surface area contributed by atoms with Crippen LogP contribution in [-0.4, -0.2) is 0 Å². The maximum atomic E-state index is 12.4. The highest BCUT2D eigenvalue weighted by atomic mass is 127. The van der Waals surface area contributed by atoms with Crippen LogP contribution in [-0.2, 0) is 6.18 Å². The maximum Gasteiger partial charge on any atom is 0.416 e. The van der Waals surface area contributed by atoms with Crippen LogP contribution in [0.1, 0.15) is 16.7 Å². The number of rotatable bonds is 0. The van der Waals surface area contributed by atoms with Gasteiger partial charge < -0.3 is 0 Å². The van der Waals surface area contributed by atoms with Gasteiger partial charge in [-0.2, -0.15) is 13.2 Å². The minimum atomic E-state index is -4.30. The Kier molecular flexibility index (Phi) is 4.15. The van der Waals surface area contributed by atoms with Gasteiger partial charge >= 0.3 is 6.18 Å². The molecule has 0 saturated heterocycles. The lowest BCUT2D eigenvalue weighted by atomic mass is 10.1. The molecule has 0 aromatic heterocycles. The molecule has 0 saturated carbocycles. The van der Waals surface area contributed by atoms with Gasteiger partial charge in [0.1, 0.15) is 0 Å². The molecular formula is C15H8F3I. The number of hydrogen-bond donors (Lipinski definition) is 0. The highest BCUT2D eigenvalue weighted by Crippen LogP contribution is 2.28. The van der Waals surface area contributed by atoms with Crippen molar-refractivity contribution in [3.8, 4) is 11.8 Å². The van der Waals surface area contributed by atoms with Gasteiger partial charge in [0.15, 0.2) is 0 Å². The Morgan fingerprint density at radius 1 is 0.842 bits per heavy atom. The molecule has 2 aromatic carbocycles. The zero-order valence-corrected chi connectivity index (χ0v) is 11.8. The van der Waals surface area contributed by atoms with Gasteiger partial charge in [0, 0.05) is 14.7 Å². The summed E-state index contributed by atoms with van der Waals surface area (Å²) in [5, 5.41) is 0. The third-order valence-electron chi connectivity index (χ3n) is 2.43.